The number of carbonyl (C=O) groups excluding carboxylic acids is 2. The molecule has 0 aromatic rings. The maximum Gasteiger partial charge on any atom is 0.306 e. The van der Waals surface area contributed by atoms with Crippen LogP contribution in [0.3, 0.4) is 0 Å². The molecule has 0 radical (unpaired) electrons. The van der Waals surface area contributed by atoms with Crippen LogP contribution < -0.4 is 0 Å². The average molecular weight is 284 g/mol. The number of nitriles is 1. The summed E-state index contributed by atoms with van der Waals surface area (Å²) in [6, 6.07) is 0.871. The third-order valence-corrected chi connectivity index (χ3v) is 3.34. The second-order valence-corrected chi connectivity index (χ2v) is 4.56. The van der Waals surface area contributed by atoms with Crippen molar-refractivity contribution in [2.24, 2.45) is 5.92 Å². The number of nitrogens with zero attached hydrogens (tertiary/aromatic N) is 2. The van der Waals surface area contributed by atoms with Crippen LogP contribution in [0.1, 0.15) is 32.1 Å². The van der Waals surface area contributed by atoms with Crippen LogP contribution in [0.2, 0.25) is 0 Å². The van der Waals surface area contributed by atoms with E-state index in [2.05, 4.69) is 4.74 Å². The van der Waals surface area contributed by atoms with Gasteiger partial charge in [0.15, 0.2) is 0 Å². The van der Waals surface area contributed by atoms with E-state index in [0.29, 0.717) is 0 Å². The molecule has 20 heavy (non-hydrogen) atoms. The highest BCUT2D eigenvalue weighted by Gasteiger charge is 2.45. The standard InChI is InChI=1S/C12H16N2O6/c1-19-11(15)5-4-9(14(17)18)8-7-12(16)20-10(8)3-2-6-13/h8-10H,2-5,7H2,1H3/t8-,9?,10-/m1/s1. The van der Waals surface area contributed by atoms with Crippen LogP contribution >= 0.6 is 0 Å². The highest BCUT2D eigenvalue weighted by Crippen LogP contribution is 2.31. The van der Waals surface area contributed by atoms with Crippen LogP contribution in [0.15, 0.2) is 0 Å². The van der Waals surface area contributed by atoms with Crippen molar-refractivity contribution in [1.29, 1.82) is 5.26 Å². The lowest BCUT2D eigenvalue weighted by Crippen LogP contribution is -2.35. The van der Waals surface area contributed by atoms with E-state index >= 15 is 0 Å². The molecule has 8 heteroatoms. The minimum atomic E-state index is -1.05. The van der Waals surface area contributed by atoms with Crippen LogP contribution in [0.4, 0.5) is 0 Å². The number of carbonyl (C=O) groups is 2. The summed E-state index contributed by atoms with van der Waals surface area (Å²) < 4.78 is 9.48. The molecule has 0 aromatic carbocycles. The molecule has 1 saturated heterocycles. The summed E-state index contributed by atoms with van der Waals surface area (Å²) in [6.07, 6.45) is -0.342. The van der Waals surface area contributed by atoms with Gasteiger partial charge in [-0.3, -0.25) is 19.7 Å². The highest BCUT2D eigenvalue weighted by atomic mass is 16.6. The van der Waals surface area contributed by atoms with E-state index in [9.17, 15) is 19.7 Å². The lowest BCUT2D eigenvalue weighted by molar-refractivity contribution is -0.534. The highest BCUT2D eigenvalue weighted by molar-refractivity contribution is 5.72. The van der Waals surface area contributed by atoms with E-state index in [1.165, 1.54) is 7.11 Å². The predicted octanol–water partition coefficient (Wildman–Crippen LogP) is 0.820. The fourth-order valence-corrected chi connectivity index (χ4v) is 2.34. The molecule has 110 valence electrons. The van der Waals surface area contributed by atoms with Gasteiger partial charge in [0.1, 0.15) is 6.10 Å². The zero-order chi connectivity index (χ0) is 15.1. The van der Waals surface area contributed by atoms with Gasteiger partial charge in [0.2, 0.25) is 6.04 Å². The second-order valence-electron chi connectivity index (χ2n) is 4.56. The first-order valence-corrected chi connectivity index (χ1v) is 6.26. The van der Waals surface area contributed by atoms with E-state index in [1.807, 2.05) is 6.07 Å². The van der Waals surface area contributed by atoms with Crippen molar-refractivity contribution < 1.29 is 24.0 Å². The Kier molecular flexibility index (Phi) is 5.90. The Balaban J connectivity index is 2.73. The largest absolute Gasteiger partial charge is 0.469 e. The summed E-state index contributed by atoms with van der Waals surface area (Å²) in [5.74, 6) is -1.63. The van der Waals surface area contributed by atoms with Crippen LogP contribution in [0, 0.1) is 27.4 Å². The smallest absolute Gasteiger partial charge is 0.306 e. The SMILES string of the molecule is COC(=O)CCC([C@H]1CC(=O)O[C@@H]1CCC#N)[N+](=O)[O-]. The molecule has 0 bridgehead atoms. The van der Waals surface area contributed by atoms with E-state index in [4.69, 9.17) is 10.00 Å². The molecule has 0 amide bonds. The molecule has 1 rings (SSSR count). The Morgan fingerprint density at radius 1 is 1.70 bits per heavy atom. The fourth-order valence-electron chi connectivity index (χ4n) is 2.34. The van der Waals surface area contributed by atoms with Gasteiger partial charge < -0.3 is 9.47 Å². The third kappa shape index (κ3) is 4.19. The Morgan fingerprint density at radius 3 is 2.95 bits per heavy atom. The minimum absolute atomic E-state index is 0.00989. The number of hydrogen-bond acceptors (Lipinski definition) is 7. The molecular formula is C12H16N2O6. The van der Waals surface area contributed by atoms with Gasteiger partial charge in [-0.15, -0.1) is 0 Å². The number of esters is 2. The van der Waals surface area contributed by atoms with Crippen molar-refractivity contribution in [3.63, 3.8) is 0 Å². The van der Waals surface area contributed by atoms with Crippen molar-refractivity contribution >= 4 is 11.9 Å². The summed E-state index contributed by atoms with van der Waals surface area (Å²) in [5.41, 5.74) is 0. The summed E-state index contributed by atoms with van der Waals surface area (Å²) in [5, 5.41) is 19.7. The molecule has 0 aromatic heterocycles. The molecule has 0 aliphatic carbocycles. The van der Waals surface area contributed by atoms with E-state index < -0.39 is 34.9 Å². The normalized spacial score (nSPS) is 22.7. The van der Waals surface area contributed by atoms with E-state index in [-0.39, 0.29) is 32.1 Å². The number of ether oxygens (including phenoxy) is 2. The lowest BCUT2D eigenvalue weighted by atomic mass is 9.88. The van der Waals surface area contributed by atoms with Gasteiger partial charge in [0, 0.05) is 17.8 Å². The first-order valence-electron chi connectivity index (χ1n) is 6.26. The third-order valence-electron chi connectivity index (χ3n) is 3.34. The first-order chi connectivity index (χ1) is 9.49. The molecule has 0 N–H and O–H groups in total. The summed E-state index contributed by atoms with van der Waals surface area (Å²) >= 11 is 0. The van der Waals surface area contributed by atoms with E-state index in [1.54, 1.807) is 0 Å². The summed E-state index contributed by atoms with van der Waals surface area (Å²) in [4.78, 5) is 33.1. The van der Waals surface area contributed by atoms with Crippen LogP contribution in [-0.4, -0.2) is 36.1 Å². The molecule has 8 nitrogen and oxygen atoms in total. The molecule has 1 aliphatic heterocycles. The first kappa shape index (κ1) is 15.9. The Morgan fingerprint density at radius 2 is 2.40 bits per heavy atom. The molecule has 1 aliphatic rings. The molecular weight excluding hydrogens is 268 g/mol. The minimum Gasteiger partial charge on any atom is -0.469 e. The van der Waals surface area contributed by atoms with Gasteiger partial charge in [0.05, 0.1) is 31.9 Å². The topological polar surface area (TPSA) is 120 Å². The molecule has 3 atom stereocenters. The molecule has 1 fully saturated rings. The van der Waals surface area contributed by atoms with Crippen molar-refractivity contribution in [2.75, 3.05) is 7.11 Å². The van der Waals surface area contributed by atoms with Gasteiger partial charge in [-0.2, -0.15) is 5.26 Å². The maximum atomic E-state index is 11.3. The maximum absolute atomic E-state index is 11.3. The van der Waals surface area contributed by atoms with Crippen LogP contribution in [-0.2, 0) is 19.1 Å². The number of methoxy groups -OCH3 is 1. The van der Waals surface area contributed by atoms with Crippen molar-refractivity contribution in [2.45, 2.75) is 44.2 Å². The molecule has 1 unspecified atom stereocenters. The summed E-state index contributed by atoms with van der Waals surface area (Å²) in [6.45, 7) is 0. The molecule has 1 heterocycles. The fraction of sp³-hybridized carbons (Fsp3) is 0.750. The van der Waals surface area contributed by atoms with Crippen molar-refractivity contribution in [3.8, 4) is 6.07 Å². The van der Waals surface area contributed by atoms with Crippen molar-refractivity contribution in [1.82, 2.24) is 0 Å². The van der Waals surface area contributed by atoms with Crippen molar-refractivity contribution in [3.05, 3.63) is 10.1 Å². The lowest BCUT2D eigenvalue weighted by Gasteiger charge is -2.19. The van der Waals surface area contributed by atoms with Crippen LogP contribution in [0.25, 0.3) is 0 Å². The van der Waals surface area contributed by atoms with Gasteiger partial charge in [-0.25, -0.2) is 0 Å². The number of nitro groups is 1. The summed E-state index contributed by atoms with van der Waals surface area (Å²) in [7, 11) is 1.21. The van der Waals surface area contributed by atoms with Gasteiger partial charge in [-0.05, 0) is 6.42 Å². The zero-order valence-electron chi connectivity index (χ0n) is 11.1. The Bertz CT molecular complexity index is 430. The quantitative estimate of drug-likeness (QED) is 0.385. The van der Waals surface area contributed by atoms with Gasteiger partial charge in [0.25, 0.3) is 0 Å². The number of rotatable bonds is 7. The number of cyclic esters (lactones) is 1. The average Bonchev–Trinajstić information content (AvgIpc) is 2.76. The molecule has 0 saturated carbocycles. The second kappa shape index (κ2) is 7.43. The van der Waals surface area contributed by atoms with Crippen LogP contribution in [0.5, 0.6) is 0 Å². The number of hydrogen-bond donors (Lipinski definition) is 0. The van der Waals surface area contributed by atoms with E-state index in [0.717, 1.165) is 0 Å². The Labute approximate surface area is 115 Å². The van der Waals surface area contributed by atoms with Gasteiger partial charge >= 0.3 is 11.9 Å². The zero-order valence-corrected chi connectivity index (χ0v) is 11.1. The predicted molar refractivity (Wildman–Crippen MR) is 64.9 cm³/mol. The Hall–Kier alpha value is -2.17. The van der Waals surface area contributed by atoms with Gasteiger partial charge in [-0.1, -0.05) is 0 Å². The molecule has 0 spiro atoms. The monoisotopic (exact) mass is 284 g/mol.